The first-order valence-corrected chi connectivity index (χ1v) is 5.81. The molecule has 0 saturated carbocycles. The molecule has 0 aromatic carbocycles. The molecule has 0 aliphatic carbocycles. The van der Waals surface area contributed by atoms with Crippen molar-refractivity contribution in [3.05, 3.63) is 27.5 Å². The molecular formula is C11H9BrF2N2O2. The van der Waals surface area contributed by atoms with Crippen molar-refractivity contribution >= 4 is 21.9 Å². The molecule has 0 radical (unpaired) electrons. The van der Waals surface area contributed by atoms with Gasteiger partial charge in [-0.05, 0) is 28.4 Å². The minimum absolute atomic E-state index is 0.0483. The van der Waals surface area contributed by atoms with E-state index in [9.17, 15) is 13.6 Å². The minimum atomic E-state index is -2.80. The molecule has 0 N–H and O–H groups in total. The maximum Gasteiger partial charge on any atom is 0.310 e. The normalized spacial score (nSPS) is 10.2. The predicted molar refractivity (Wildman–Crippen MR) is 61.9 cm³/mol. The van der Waals surface area contributed by atoms with Crippen molar-refractivity contribution in [2.45, 2.75) is 19.8 Å². The van der Waals surface area contributed by atoms with Crippen molar-refractivity contribution in [1.82, 2.24) is 4.98 Å². The van der Waals surface area contributed by atoms with E-state index in [2.05, 4.69) is 20.9 Å². The van der Waals surface area contributed by atoms with Gasteiger partial charge in [0.05, 0.1) is 18.6 Å². The smallest absolute Gasteiger partial charge is 0.310 e. The number of aromatic nitrogens is 1. The highest BCUT2D eigenvalue weighted by molar-refractivity contribution is 9.10. The second kappa shape index (κ2) is 6.40. The summed E-state index contributed by atoms with van der Waals surface area (Å²) in [7, 11) is 0. The third-order valence-corrected chi connectivity index (χ3v) is 2.75. The number of hydrogen-bond donors (Lipinski definition) is 0. The molecule has 96 valence electrons. The number of esters is 1. The number of ether oxygens (including phenoxy) is 1. The van der Waals surface area contributed by atoms with E-state index < -0.39 is 18.0 Å². The van der Waals surface area contributed by atoms with Crippen LogP contribution in [0.15, 0.2) is 10.8 Å². The van der Waals surface area contributed by atoms with Crippen molar-refractivity contribution in [2.24, 2.45) is 0 Å². The Kier molecular flexibility index (Phi) is 5.16. The molecule has 0 unspecified atom stereocenters. The first kappa shape index (κ1) is 14.5. The number of alkyl halides is 2. The van der Waals surface area contributed by atoms with Gasteiger partial charge in [0.1, 0.15) is 10.7 Å². The Labute approximate surface area is 111 Å². The zero-order valence-corrected chi connectivity index (χ0v) is 11.0. The molecule has 0 saturated heterocycles. The van der Waals surface area contributed by atoms with E-state index in [0.29, 0.717) is 0 Å². The number of carbonyl (C=O) groups excluding carboxylic acids is 1. The van der Waals surface area contributed by atoms with Gasteiger partial charge in [0.2, 0.25) is 0 Å². The molecule has 0 atom stereocenters. The van der Waals surface area contributed by atoms with Gasteiger partial charge < -0.3 is 4.74 Å². The molecule has 4 nitrogen and oxygen atoms in total. The fraction of sp³-hybridized carbons (Fsp3) is 0.364. The second-order valence-electron chi connectivity index (χ2n) is 3.25. The van der Waals surface area contributed by atoms with Gasteiger partial charge in [-0.1, -0.05) is 0 Å². The maximum absolute atomic E-state index is 12.8. The summed E-state index contributed by atoms with van der Waals surface area (Å²) in [5.74, 6) is -0.658. The van der Waals surface area contributed by atoms with Crippen molar-refractivity contribution in [3.8, 4) is 6.07 Å². The van der Waals surface area contributed by atoms with Crippen molar-refractivity contribution in [1.29, 1.82) is 5.26 Å². The van der Waals surface area contributed by atoms with Gasteiger partial charge in [0.15, 0.2) is 0 Å². The van der Waals surface area contributed by atoms with Crippen LogP contribution in [0, 0.1) is 11.3 Å². The summed E-state index contributed by atoms with van der Waals surface area (Å²) < 4.78 is 30.4. The van der Waals surface area contributed by atoms with Crippen LogP contribution >= 0.6 is 15.9 Å². The molecule has 0 fully saturated rings. The number of nitrogens with zero attached hydrogens (tertiary/aromatic N) is 2. The summed E-state index contributed by atoms with van der Waals surface area (Å²) >= 11 is 2.99. The van der Waals surface area contributed by atoms with E-state index in [-0.39, 0.29) is 28.8 Å². The van der Waals surface area contributed by atoms with E-state index in [1.54, 1.807) is 13.0 Å². The topological polar surface area (TPSA) is 63.0 Å². The molecule has 1 heterocycles. The molecule has 7 heteroatoms. The van der Waals surface area contributed by atoms with Gasteiger partial charge in [0, 0.05) is 11.8 Å². The maximum atomic E-state index is 12.8. The highest BCUT2D eigenvalue weighted by Gasteiger charge is 2.22. The Morgan fingerprint density at radius 2 is 2.33 bits per heavy atom. The molecule has 18 heavy (non-hydrogen) atoms. The van der Waals surface area contributed by atoms with E-state index in [1.165, 1.54) is 0 Å². The van der Waals surface area contributed by atoms with Crippen LogP contribution in [-0.2, 0) is 16.0 Å². The fourth-order valence-corrected chi connectivity index (χ4v) is 1.82. The lowest BCUT2D eigenvalue weighted by molar-refractivity contribution is -0.142. The summed E-state index contributed by atoms with van der Waals surface area (Å²) in [4.78, 5) is 15.0. The molecule has 1 rings (SSSR count). The van der Waals surface area contributed by atoms with E-state index >= 15 is 0 Å². The first-order valence-electron chi connectivity index (χ1n) is 5.02. The summed E-state index contributed by atoms with van der Waals surface area (Å²) in [6, 6.07) is 1.76. The van der Waals surface area contributed by atoms with Crippen molar-refractivity contribution < 1.29 is 18.3 Å². The van der Waals surface area contributed by atoms with Gasteiger partial charge in [-0.3, -0.25) is 4.79 Å². The van der Waals surface area contributed by atoms with Crippen LogP contribution in [0.2, 0.25) is 0 Å². The molecule has 1 aromatic heterocycles. The van der Waals surface area contributed by atoms with Crippen LogP contribution in [0.3, 0.4) is 0 Å². The quantitative estimate of drug-likeness (QED) is 0.632. The van der Waals surface area contributed by atoms with Crippen LogP contribution in [0.25, 0.3) is 0 Å². The molecule has 0 bridgehead atoms. The van der Waals surface area contributed by atoms with Crippen LogP contribution in [0.5, 0.6) is 0 Å². The van der Waals surface area contributed by atoms with Gasteiger partial charge in [-0.2, -0.15) is 5.26 Å². The van der Waals surface area contributed by atoms with Crippen LogP contribution in [0.4, 0.5) is 8.78 Å². The second-order valence-corrected chi connectivity index (χ2v) is 4.00. The highest BCUT2D eigenvalue weighted by atomic mass is 79.9. The van der Waals surface area contributed by atoms with Gasteiger partial charge in [-0.15, -0.1) is 0 Å². The molecule has 0 aliphatic rings. The van der Waals surface area contributed by atoms with Crippen molar-refractivity contribution in [2.75, 3.05) is 6.61 Å². The lowest BCUT2D eigenvalue weighted by atomic mass is 10.0. The highest BCUT2D eigenvalue weighted by Crippen LogP contribution is 2.28. The number of rotatable bonds is 4. The molecular weight excluding hydrogens is 310 g/mol. The Bertz CT molecular complexity index is 501. The number of halogens is 3. The third-order valence-electron chi connectivity index (χ3n) is 2.15. The summed E-state index contributed by atoms with van der Waals surface area (Å²) in [5.41, 5.74) is -0.545. The number of hydrogen-bond acceptors (Lipinski definition) is 4. The average molecular weight is 319 g/mol. The van der Waals surface area contributed by atoms with E-state index in [0.717, 1.165) is 6.20 Å². The Morgan fingerprint density at radius 1 is 1.67 bits per heavy atom. The van der Waals surface area contributed by atoms with E-state index in [4.69, 9.17) is 10.00 Å². The molecule has 1 aromatic rings. The summed E-state index contributed by atoms with van der Waals surface area (Å²) in [6.45, 7) is 1.76. The van der Waals surface area contributed by atoms with Gasteiger partial charge >= 0.3 is 5.97 Å². The fourth-order valence-electron chi connectivity index (χ4n) is 1.39. The van der Waals surface area contributed by atoms with Crippen LogP contribution in [0.1, 0.15) is 30.0 Å². The lowest BCUT2D eigenvalue weighted by Gasteiger charge is -2.10. The Hall–Kier alpha value is -1.55. The summed E-state index contributed by atoms with van der Waals surface area (Å²) in [5, 5.41) is 8.93. The standard InChI is InChI=1S/C11H9BrF2N2O2/c1-2-18-9(17)3-6-7(4-15)10(12)16-5-8(6)11(13)14/h5,11H,2-3H2,1H3. The zero-order valence-electron chi connectivity index (χ0n) is 9.41. The van der Waals surface area contributed by atoms with E-state index in [1.807, 2.05) is 0 Å². The molecule has 0 amide bonds. The van der Waals surface area contributed by atoms with Crippen LogP contribution < -0.4 is 0 Å². The lowest BCUT2D eigenvalue weighted by Crippen LogP contribution is -2.12. The summed E-state index contributed by atoms with van der Waals surface area (Å²) in [6.07, 6.45) is -2.23. The number of nitriles is 1. The Morgan fingerprint density at radius 3 is 2.83 bits per heavy atom. The zero-order chi connectivity index (χ0) is 13.7. The van der Waals surface area contributed by atoms with Crippen LogP contribution in [-0.4, -0.2) is 17.6 Å². The molecule has 0 aliphatic heterocycles. The Balaban J connectivity index is 3.24. The third kappa shape index (κ3) is 3.23. The number of pyridine rings is 1. The van der Waals surface area contributed by atoms with Gasteiger partial charge in [0.25, 0.3) is 6.43 Å². The van der Waals surface area contributed by atoms with Gasteiger partial charge in [-0.25, -0.2) is 13.8 Å². The monoisotopic (exact) mass is 318 g/mol. The predicted octanol–water partition coefficient (Wildman–Crippen LogP) is 2.76. The SMILES string of the molecule is CCOC(=O)Cc1c(C(F)F)cnc(Br)c1C#N. The molecule has 0 spiro atoms. The average Bonchev–Trinajstić information content (AvgIpc) is 2.29. The number of carbonyl (C=O) groups is 1. The first-order chi connectivity index (χ1) is 8.51. The minimum Gasteiger partial charge on any atom is -0.466 e. The van der Waals surface area contributed by atoms with Crippen molar-refractivity contribution in [3.63, 3.8) is 0 Å². The largest absolute Gasteiger partial charge is 0.466 e.